The molecule has 0 spiro atoms. The summed E-state index contributed by atoms with van der Waals surface area (Å²) >= 11 is 12.1. The van der Waals surface area contributed by atoms with Crippen molar-refractivity contribution in [3.8, 4) is 0 Å². The third-order valence-corrected chi connectivity index (χ3v) is 3.59. The number of carbonyl (C=O) groups is 1. The van der Waals surface area contributed by atoms with E-state index >= 15 is 0 Å². The highest BCUT2D eigenvalue weighted by molar-refractivity contribution is 6.33. The molecule has 0 aliphatic carbocycles. The van der Waals surface area contributed by atoms with Crippen molar-refractivity contribution in [3.63, 3.8) is 0 Å². The van der Waals surface area contributed by atoms with Crippen LogP contribution in [-0.4, -0.2) is 27.4 Å². The lowest BCUT2D eigenvalue weighted by atomic mass is 10.1. The normalized spacial score (nSPS) is 11.0. The Morgan fingerprint density at radius 1 is 1.21 bits per heavy atom. The molecular weight excluding hydrogens is 349 g/mol. The van der Waals surface area contributed by atoms with Crippen molar-refractivity contribution in [1.29, 1.82) is 0 Å². The Morgan fingerprint density at radius 3 is 2.62 bits per heavy atom. The van der Waals surface area contributed by atoms with Gasteiger partial charge in [0.05, 0.1) is 0 Å². The van der Waals surface area contributed by atoms with E-state index in [4.69, 9.17) is 23.2 Å². The van der Waals surface area contributed by atoms with Crippen LogP contribution in [0.25, 0.3) is 0 Å². The summed E-state index contributed by atoms with van der Waals surface area (Å²) in [5.41, 5.74) is 1.00. The molecule has 2 N–H and O–H groups in total. The summed E-state index contributed by atoms with van der Waals surface area (Å²) in [6.07, 6.45) is 3.45. The quantitative estimate of drug-likeness (QED) is 0.714. The first-order valence-corrected chi connectivity index (χ1v) is 8.43. The van der Waals surface area contributed by atoms with E-state index in [1.807, 2.05) is 26.8 Å². The number of nitrogens with zero attached hydrogens (tertiary/aromatic N) is 3. The van der Waals surface area contributed by atoms with Crippen molar-refractivity contribution >= 4 is 41.5 Å². The third kappa shape index (κ3) is 6.68. The number of carbonyl (C=O) groups excluding carboxylic acids is 1. The van der Waals surface area contributed by atoms with E-state index in [0.29, 0.717) is 22.4 Å². The van der Waals surface area contributed by atoms with E-state index in [1.165, 1.54) is 6.33 Å². The molecule has 6 nitrogen and oxygen atoms in total. The SMILES string of the molecule is CC.CC(CCc1cc(Cl)ccc1Cl)Nc1ncnc(NC=O)n1. The van der Waals surface area contributed by atoms with Gasteiger partial charge in [-0.1, -0.05) is 37.0 Å². The highest BCUT2D eigenvalue weighted by Gasteiger charge is 2.08. The Balaban J connectivity index is 0.00000139. The number of rotatable bonds is 7. The van der Waals surface area contributed by atoms with Gasteiger partial charge in [0.25, 0.3) is 0 Å². The molecule has 1 amide bonds. The minimum atomic E-state index is 0.113. The molecule has 2 rings (SSSR count). The lowest BCUT2D eigenvalue weighted by Crippen LogP contribution is -2.18. The van der Waals surface area contributed by atoms with Crippen LogP contribution in [0.2, 0.25) is 10.0 Å². The van der Waals surface area contributed by atoms with E-state index in [2.05, 4.69) is 25.6 Å². The van der Waals surface area contributed by atoms with E-state index < -0.39 is 0 Å². The summed E-state index contributed by atoms with van der Waals surface area (Å²) in [7, 11) is 0. The largest absolute Gasteiger partial charge is 0.352 e. The molecule has 130 valence electrons. The Morgan fingerprint density at radius 2 is 1.92 bits per heavy atom. The number of amides is 1. The lowest BCUT2D eigenvalue weighted by molar-refractivity contribution is -0.105. The summed E-state index contributed by atoms with van der Waals surface area (Å²) in [6, 6.07) is 5.54. The van der Waals surface area contributed by atoms with Gasteiger partial charge in [-0.3, -0.25) is 10.1 Å². The molecule has 24 heavy (non-hydrogen) atoms. The van der Waals surface area contributed by atoms with E-state index in [9.17, 15) is 4.79 Å². The molecule has 1 heterocycles. The maximum Gasteiger partial charge on any atom is 0.233 e. The van der Waals surface area contributed by atoms with Gasteiger partial charge < -0.3 is 5.32 Å². The van der Waals surface area contributed by atoms with Crippen LogP contribution in [-0.2, 0) is 11.2 Å². The first kappa shape index (κ1) is 20.1. The fourth-order valence-corrected chi connectivity index (χ4v) is 2.29. The van der Waals surface area contributed by atoms with Crippen LogP contribution in [0.4, 0.5) is 11.9 Å². The minimum Gasteiger partial charge on any atom is -0.352 e. The summed E-state index contributed by atoms with van der Waals surface area (Å²) in [5.74, 6) is 0.613. The number of halogens is 2. The predicted octanol–water partition coefficient (Wildman–Crippen LogP) is 4.21. The molecule has 2 aromatic rings. The first-order chi connectivity index (χ1) is 11.6. The Labute approximate surface area is 152 Å². The second-order valence-electron chi connectivity index (χ2n) is 4.71. The fourth-order valence-electron chi connectivity index (χ4n) is 1.89. The van der Waals surface area contributed by atoms with E-state index in [-0.39, 0.29) is 12.0 Å². The monoisotopic (exact) mass is 369 g/mol. The molecule has 1 unspecified atom stereocenters. The summed E-state index contributed by atoms with van der Waals surface area (Å²) in [4.78, 5) is 22.3. The van der Waals surface area contributed by atoms with Crippen molar-refractivity contribution in [1.82, 2.24) is 15.0 Å². The second kappa shape index (κ2) is 10.8. The third-order valence-electron chi connectivity index (χ3n) is 2.99. The predicted molar refractivity (Wildman–Crippen MR) is 98.7 cm³/mol. The van der Waals surface area contributed by atoms with E-state index in [1.54, 1.807) is 12.1 Å². The maximum absolute atomic E-state index is 10.4. The van der Waals surface area contributed by atoms with Crippen LogP contribution in [0, 0.1) is 0 Å². The number of anilines is 2. The molecule has 0 aliphatic heterocycles. The fraction of sp³-hybridized carbons (Fsp3) is 0.375. The number of aromatic nitrogens is 3. The molecule has 1 aromatic carbocycles. The zero-order chi connectivity index (χ0) is 17.9. The highest BCUT2D eigenvalue weighted by atomic mass is 35.5. The topological polar surface area (TPSA) is 79.8 Å². The molecule has 0 fully saturated rings. The highest BCUT2D eigenvalue weighted by Crippen LogP contribution is 2.22. The molecule has 0 saturated heterocycles. The van der Waals surface area contributed by atoms with Crippen molar-refractivity contribution in [2.24, 2.45) is 0 Å². The van der Waals surface area contributed by atoms with Gasteiger partial charge in [-0.15, -0.1) is 0 Å². The molecule has 0 saturated carbocycles. The number of hydrogen-bond acceptors (Lipinski definition) is 5. The smallest absolute Gasteiger partial charge is 0.233 e. The molecule has 1 atom stereocenters. The Hall–Kier alpha value is -1.92. The maximum atomic E-state index is 10.4. The van der Waals surface area contributed by atoms with Crippen LogP contribution >= 0.6 is 23.2 Å². The van der Waals surface area contributed by atoms with Crippen molar-refractivity contribution in [2.45, 2.75) is 39.7 Å². The van der Waals surface area contributed by atoms with Gasteiger partial charge in [0.1, 0.15) is 6.33 Å². The van der Waals surface area contributed by atoms with Crippen LogP contribution in [0.1, 0.15) is 32.8 Å². The number of benzene rings is 1. The lowest BCUT2D eigenvalue weighted by Gasteiger charge is -2.14. The van der Waals surface area contributed by atoms with Gasteiger partial charge in [0, 0.05) is 16.1 Å². The van der Waals surface area contributed by atoms with Gasteiger partial charge in [-0.25, -0.2) is 9.97 Å². The van der Waals surface area contributed by atoms with Crippen molar-refractivity contribution in [3.05, 3.63) is 40.1 Å². The van der Waals surface area contributed by atoms with Gasteiger partial charge >= 0.3 is 0 Å². The standard InChI is InChI=1S/C14H15Cl2N5O.C2H6/c1-9(2-3-10-6-11(15)4-5-12(10)16)20-14-18-7-17-13(21-14)19-8-22;1-2/h4-9H,2-3H2,1H3,(H2,17,18,19,20,21,22);1-2H3. The second-order valence-corrected chi connectivity index (χ2v) is 5.56. The average molecular weight is 370 g/mol. The summed E-state index contributed by atoms with van der Waals surface area (Å²) in [6.45, 7) is 6.01. The molecule has 0 aliphatic rings. The van der Waals surface area contributed by atoms with Gasteiger partial charge in [0.15, 0.2) is 0 Å². The minimum absolute atomic E-state index is 0.113. The number of aryl methyl sites for hydroxylation is 1. The zero-order valence-electron chi connectivity index (χ0n) is 13.9. The van der Waals surface area contributed by atoms with Gasteiger partial charge in [0.2, 0.25) is 18.3 Å². The molecule has 0 radical (unpaired) electrons. The molecule has 8 heteroatoms. The van der Waals surface area contributed by atoms with Crippen LogP contribution < -0.4 is 10.6 Å². The first-order valence-electron chi connectivity index (χ1n) is 7.68. The Kier molecular flexibility index (Phi) is 9.04. The number of nitrogens with one attached hydrogen (secondary N) is 2. The number of hydrogen-bond donors (Lipinski definition) is 2. The van der Waals surface area contributed by atoms with Crippen LogP contribution in [0.5, 0.6) is 0 Å². The zero-order valence-corrected chi connectivity index (χ0v) is 15.4. The molecular formula is C16H21Cl2N5O. The molecule has 0 bridgehead atoms. The van der Waals surface area contributed by atoms with E-state index in [0.717, 1.165) is 18.4 Å². The van der Waals surface area contributed by atoms with Crippen LogP contribution in [0.15, 0.2) is 24.5 Å². The average Bonchev–Trinajstić information content (AvgIpc) is 2.58. The van der Waals surface area contributed by atoms with Gasteiger partial charge in [-0.05, 0) is 43.5 Å². The molecule has 1 aromatic heterocycles. The summed E-state index contributed by atoms with van der Waals surface area (Å²) in [5, 5.41) is 6.90. The van der Waals surface area contributed by atoms with Crippen molar-refractivity contribution in [2.75, 3.05) is 10.6 Å². The van der Waals surface area contributed by atoms with Crippen molar-refractivity contribution < 1.29 is 4.79 Å². The van der Waals surface area contributed by atoms with Gasteiger partial charge in [-0.2, -0.15) is 4.98 Å². The Bertz CT molecular complexity index is 654. The van der Waals surface area contributed by atoms with Crippen LogP contribution in [0.3, 0.4) is 0 Å². The summed E-state index contributed by atoms with van der Waals surface area (Å²) < 4.78 is 0.